The number of hydrogen-bond acceptors (Lipinski definition) is 8. The van der Waals surface area contributed by atoms with Crippen LogP contribution in [0.5, 0.6) is 17.2 Å². The minimum atomic E-state index is -0.942. The van der Waals surface area contributed by atoms with Gasteiger partial charge in [-0.3, -0.25) is 14.5 Å². The molecule has 1 fully saturated rings. The summed E-state index contributed by atoms with van der Waals surface area (Å²) in [5.41, 5.74) is 2.79. The summed E-state index contributed by atoms with van der Waals surface area (Å²) >= 11 is 1.33. The number of hydrogen-bond donors (Lipinski definition) is 1. The Labute approximate surface area is 230 Å². The van der Waals surface area contributed by atoms with Crippen molar-refractivity contribution in [3.8, 4) is 17.2 Å². The third-order valence-corrected chi connectivity index (χ3v) is 7.68. The van der Waals surface area contributed by atoms with Gasteiger partial charge >= 0.3 is 5.91 Å². The number of aromatic nitrogens is 1. The highest BCUT2D eigenvalue weighted by Gasteiger charge is 2.48. The number of aryl methyl sites for hydroxylation is 1. The number of amides is 1. The smallest absolute Gasteiger partial charge is 0.301 e. The van der Waals surface area contributed by atoms with Gasteiger partial charge in [0.25, 0.3) is 5.78 Å². The van der Waals surface area contributed by atoms with Crippen molar-refractivity contribution in [2.45, 2.75) is 26.3 Å². The standard InChI is InChI=1S/C30H28N2O6S/c1-5-17-7-13-21-24(15-17)39-30(31-21)32-26(19-10-14-22(38-6-2)23(16-19)37-4)25(28(34)29(32)35)27(33)18-8-11-20(36-3)12-9-18/h7-16,26,33H,5-6H2,1-4H3/b27-25+/t26-/m1/s1. The van der Waals surface area contributed by atoms with Crippen molar-refractivity contribution < 1.29 is 28.9 Å². The van der Waals surface area contributed by atoms with Crippen LogP contribution in [0.25, 0.3) is 16.0 Å². The minimum Gasteiger partial charge on any atom is -0.507 e. The highest BCUT2D eigenvalue weighted by Crippen LogP contribution is 2.46. The van der Waals surface area contributed by atoms with Crippen LogP contribution in [0.3, 0.4) is 0 Å². The molecule has 0 saturated carbocycles. The second-order valence-electron chi connectivity index (χ2n) is 8.89. The van der Waals surface area contributed by atoms with E-state index in [1.165, 1.54) is 23.3 Å². The number of thiazole rings is 1. The van der Waals surface area contributed by atoms with Gasteiger partial charge in [-0.2, -0.15) is 0 Å². The molecule has 0 spiro atoms. The monoisotopic (exact) mass is 544 g/mol. The summed E-state index contributed by atoms with van der Waals surface area (Å²) in [7, 11) is 3.07. The SMILES string of the molecule is CCOc1ccc([C@@H]2/C(=C(\O)c3ccc(OC)cc3)C(=O)C(=O)N2c2nc3ccc(CC)cc3s2)cc1OC. The van der Waals surface area contributed by atoms with Gasteiger partial charge in [0.2, 0.25) is 0 Å². The van der Waals surface area contributed by atoms with Gasteiger partial charge < -0.3 is 19.3 Å². The van der Waals surface area contributed by atoms with Crippen LogP contribution in [0.15, 0.2) is 66.2 Å². The number of benzene rings is 3. The molecule has 39 heavy (non-hydrogen) atoms. The second kappa shape index (κ2) is 10.8. The van der Waals surface area contributed by atoms with E-state index in [9.17, 15) is 14.7 Å². The number of ketones is 1. The number of fused-ring (bicyclic) bond motifs is 1. The van der Waals surface area contributed by atoms with E-state index < -0.39 is 17.7 Å². The lowest BCUT2D eigenvalue weighted by molar-refractivity contribution is -0.132. The molecule has 8 nitrogen and oxygen atoms in total. The van der Waals surface area contributed by atoms with E-state index in [2.05, 4.69) is 6.92 Å². The number of aliphatic hydroxyl groups is 1. The maximum Gasteiger partial charge on any atom is 0.301 e. The van der Waals surface area contributed by atoms with Gasteiger partial charge in [-0.15, -0.1) is 0 Å². The number of carbonyl (C=O) groups is 2. The molecule has 0 bridgehead atoms. The average Bonchev–Trinajstić information content (AvgIpc) is 3.50. The average molecular weight is 545 g/mol. The molecule has 3 aromatic carbocycles. The van der Waals surface area contributed by atoms with E-state index in [0.717, 1.165) is 22.2 Å². The molecule has 4 aromatic rings. The summed E-state index contributed by atoms with van der Waals surface area (Å²) in [5.74, 6) is -0.275. The summed E-state index contributed by atoms with van der Waals surface area (Å²) in [5, 5.41) is 11.8. The molecule has 200 valence electrons. The second-order valence-corrected chi connectivity index (χ2v) is 9.90. The van der Waals surface area contributed by atoms with Gasteiger partial charge in [0.15, 0.2) is 16.6 Å². The maximum absolute atomic E-state index is 13.6. The van der Waals surface area contributed by atoms with Crippen molar-refractivity contribution >= 4 is 44.1 Å². The topological polar surface area (TPSA) is 98.2 Å². The minimum absolute atomic E-state index is 0.0371. The quantitative estimate of drug-likeness (QED) is 0.168. The van der Waals surface area contributed by atoms with Gasteiger partial charge in [-0.05, 0) is 73.0 Å². The van der Waals surface area contributed by atoms with Crippen molar-refractivity contribution in [2.75, 3.05) is 25.7 Å². The van der Waals surface area contributed by atoms with Gasteiger partial charge in [0.1, 0.15) is 11.5 Å². The van der Waals surface area contributed by atoms with Crippen LogP contribution in [0.1, 0.15) is 36.6 Å². The number of anilines is 1. The Morgan fingerprint density at radius 1 is 0.974 bits per heavy atom. The van der Waals surface area contributed by atoms with E-state index in [1.807, 2.05) is 25.1 Å². The lowest BCUT2D eigenvalue weighted by Gasteiger charge is -2.24. The van der Waals surface area contributed by atoms with Crippen molar-refractivity contribution in [1.82, 2.24) is 4.98 Å². The Kier molecular flexibility index (Phi) is 7.26. The Morgan fingerprint density at radius 3 is 2.41 bits per heavy atom. The Bertz CT molecular complexity index is 1590. The molecule has 9 heteroatoms. The molecule has 1 atom stereocenters. The third kappa shape index (κ3) is 4.70. The van der Waals surface area contributed by atoms with Gasteiger partial charge in [0, 0.05) is 5.56 Å². The molecule has 1 saturated heterocycles. The van der Waals surface area contributed by atoms with Crippen LogP contribution in [0.4, 0.5) is 5.13 Å². The first kappa shape index (κ1) is 26.2. The predicted octanol–water partition coefficient (Wildman–Crippen LogP) is 5.90. The molecule has 1 aromatic heterocycles. The van der Waals surface area contributed by atoms with Gasteiger partial charge in [0.05, 0.1) is 42.7 Å². The lowest BCUT2D eigenvalue weighted by Crippen LogP contribution is -2.29. The Balaban J connectivity index is 1.71. The van der Waals surface area contributed by atoms with Crippen LogP contribution in [-0.2, 0) is 16.0 Å². The van der Waals surface area contributed by atoms with E-state index in [4.69, 9.17) is 19.2 Å². The summed E-state index contributed by atoms with van der Waals surface area (Å²) in [6.07, 6.45) is 0.863. The summed E-state index contributed by atoms with van der Waals surface area (Å²) in [6, 6.07) is 16.9. The van der Waals surface area contributed by atoms with Crippen molar-refractivity contribution in [3.63, 3.8) is 0 Å². The first-order valence-electron chi connectivity index (χ1n) is 12.6. The summed E-state index contributed by atoms with van der Waals surface area (Å²) < 4.78 is 17.4. The van der Waals surface area contributed by atoms with Crippen LogP contribution < -0.4 is 19.1 Å². The van der Waals surface area contributed by atoms with E-state index in [0.29, 0.717) is 40.1 Å². The zero-order valence-corrected chi connectivity index (χ0v) is 22.9. The molecular weight excluding hydrogens is 516 g/mol. The highest BCUT2D eigenvalue weighted by atomic mass is 32.1. The lowest BCUT2D eigenvalue weighted by atomic mass is 9.95. The predicted molar refractivity (Wildman–Crippen MR) is 151 cm³/mol. The molecule has 5 rings (SSSR count). The number of aliphatic hydroxyl groups excluding tert-OH is 1. The van der Waals surface area contributed by atoms with Crippen LogP contribution in [-0.4, -0.2) is 42.6 Å². The first-order valence-corrected chi connectivity index (χ1v) is 13.4. The number of carbonyl (C=O) groups excluding carboxylic acids is 2. The first-order chi connectivity index (χ1) is 18.9. The van der Waals surface area contributed by atoms with Gasteiger partial charge in [-0.25, -0.2) is 4.98 Å². The normalized spacial score (nSPS) is 16.6. The zero-order chi connectivity index (χ0) is 27.7. The number of nitrogens with zero attached hydrogens (tertiary/aromatic N) is 2. The van der Waals surface area contributed by atoms with Crippen molar-refractivity contribution in [3.05, 3.63) is 82.9 Å². The maximum atomic E-state index is 13.6. The highest BCUT2D eigenvalue weighted by molar-refractivity contribution is 7.22. The van der Waals surface area contributed by atoms with Crippen LogP contribution in [0, 0.1) is 0 Å². The molecule has 1 aliphatic heterocycles. The fourth-order valence-electron chi connectivity index (χ4n) is 4.66. The molecule has 0 aliphatic carbocycles. The number of Topliss-reactive ketones (excluding diaryl/α,β-unsaturated/α-hetero) is 1. The fraction of sp³-hybridized carbons (Fsp3) is 0.233. The van der Waals surface area contributed by atoms with E-state index in [1.54, 1.807) is 49.6 Å². The molecule has 2 heterocycles. The Hall–Kier alpha value is -4.37. The summed E-state index contributed by atoms with van der Waals surface area (Å²) in [6.45, 7) is 4.38. The van der Waals surface area contributed by atoms with Gasteiger partial charge in [-0.1, -0.05) is 30.4 Å². The third-order valence-electron chi connectivity index (χ3n) is 6.67. The largest absolute Gasteiger partial charge is 0.507 e. The number of rotatable bonds is 8. The fourth-order valence-corrected chi connectivity index (χ4v) is 5.71. The zero-order valence-electron chi connectivity index (χ0n) is 22.1. The molecular formula is C30H28N2O6S. The van der Waals surface area contributed by atoms with Crippen molar-refractivity contribution in [2.24, 2.45) is 0 Å². The molecule has 1 amide bonds. The van der Waals surface area contributed by atoms with Crippen molar-refractivity contribution in [1.29, 1.82) is 0 Å². The Morgan fingerprint density at radius 2 is 1.74 bits per heavy atom. The summed E-state index contributed by atoms with van der Waals surface area (Å²) in [4.78, 5) is 33.2. The van der Waals surface area contributed by atoms with E-state index in [-0.39, 0.29) is 11.3 Å². The molecule has 1 aliphatic rings. The molecule has 0 radical (unpaired) electrons. The molecule has 0 unspecified atom stereocenters. The number of methoxy groups -OCH3 is 2. The van der Waals surface area contributed by atoms with E-state index >= 15 is 0 Å². The molecule has 1 N–H and O–H groups in total. The van der Waals surface area contributed by atoms with Crippen LogP contribution in [0.2, 0.25) is 0 Å². The van der Waals surface area contributed by atoms with Crippen LogP contribution >= 0.6 is 11.3 Å². The number of ether oxygens (including phenoxy) is 3.